The number of hydrogen-bond donors (Lipinski definition) is 0. The van der Waals surface area contributed by atoms with Crippen molar-refractivity contribution in [2.24, 2.45) is 0 Å². The van der Waals surface area contributed by atoms with Crippen molar-refractivity contribution in [3.05, 3.63) is 59.1 Å². The fourth-order valence-electron chi connectivity index (χ4n) is 2.47. The van der Waals surface area contributed by atoms with E-state index in [1.54, 1.807) is 28.0 Å². The van der Waals surface area contributed by atoms with Gasteiger partial charge in [-0.15, -0.1) is 11.8 Å². The Bertz CT molecular complexity index is 814. The molecular formula is C16H11ClN2OS2. The molecule has 0 unspecified atom stereocenters. The van der Waals surface area contributed by atoms with Gasteiger partial charge in [-0.3, -0.25) is 9.69 Å². The Balaban J connectivity index is 1.76. The van der Waals surface area contributed by atoms with Crippen LogP contribution in [0.25, 0.3) is 10.2 Å². The summed E-state index contributed by atoms with van der Waals surface area (Å²) in [5.74, 6) is 0.576. The Hall–Kier alpha value is -1.56. The molecule has 1 saturated heterocycles. The van der Waals surface area contributed by atoms with Crippen molar-refractivity contribution >= 4 is 56.0 Å². The van der Waals surface area contributed by atoms with Crippen LogP contribution in [0, 0.1) is 0 Å². The largest absolute Gasteiger partial charge is 0.273 e. The molecule has 0 radical (unpaired) electrons. The molecule has 0 saturated carbocycles. The molecule has 1 amide bonds. The van der Waals surface area contributed by atoms with E-state index < -0.39 is 0 Å². The third-order valence-corrected chi connectivity index (χ3v) is 6.01. The molecule has 3 aromatic rings. The molecule has 1 aliphatic rings. The summed E-state index contributed by atoms with van der Waals surface area (Å²) in [6.45, 7) is 0. The van der Waals surface area contributed by atoms with Gasteiger partial charge in [0.15, 0.2) is 5.13 Å². The number of hydrogen-bond acceptors (Lipinski definition) is 4. The SMILES string of the molecule is O=C1CS[C@@H](c2ccc(Cl)cc2)N1c1nc2ccccc2s1. The summed E-state index contributed by atoms with van der Waals surface area (Å²) < 4.78 is 1.09. The summed E-state index contributed by atoms with van der Waals surface area (Å²) in [5.41, 5.74) is 2.00. The molecule has 6 heteroatoms. The standard InChI is InChI=1S/C16H11ClN2OS2/c17-11-7-5-10(6-8-11)15-19(14(20)9-21-15)16-18-12-3-1-2-4-13(12)22-16/h1-8,15H,9H2/t15-/m0/s1. The number of para-hydroxylation sites is 1. The van der Waals surface area contributed by atoms with Crippen LogP contribution in [0.5, 0.6) is 0 Å². The van der Waals surface area contributed by atoms with E-state index in [4.69, 9.17) is 11.6 Å². The minimum Gasteiger partial charge on any atom is -0.273 e. The van der Waals surface area contributed by atoms with Gasteiger partial charge in [0.1, 0.15) is 5.37 Å². The molecule has 2 heterocycles. The first kappa shape index (κ1) is 14.1. The lowest BCUT2D eigenvalue weighted by Crippen LogP contribution is -2.27. The maximum Gasteiger partial charge on any atom is 0.240 e. The Morgan fingerprint density at radius 1 is 1.14 bits per heavy atom. The van der Waals surface area contributed by atoms with Crippen LogP contribution in [-0.2, 0) is 4.79 Å². The Morgan fingerprint density at radius 3 is 2.68 bits per heavy atom. The van der Waals surface area contributed by atoms with Gasteiger partial charge in [-0.2, -0.15) is 0 Å². The number of fused-ring (bicyclic) bond motifs is 1. The van der Waals surface area contributed by atoms with Gasteiger partial charge < -0.3 is 0 Å². The summed E-state index contributed by atoms with van der Waals surface area (Å²) in [7, 11) is 0. The van der Waals surface area contributed by atoms with E-state index in [0.717, 1.165) is 20.9 Å². The van der Waals surface area contributed by atoms with Gasteiger partial charge in [0, 0.05) is 5.02 Å². The topological polar surface area (TPSA) is 33.2 Å². The number of rotatable bonds is 2. The Kier molecular flexibility index (Phi) is 3.56. The molecule has 0 spiro atoms. The lowest BCUT2D eigenvalue weighted by molar-refractivity contribution is -0.115. The van der Waals surface area contributed by atoms with Crippen LogP contribution >= 0.6 is 34.7 Å². The molecule has 22 heavy (non-hydrogen) atoms. The van der Waals surface area contributed by atoms with Crippen molar-refractivity contribution in [2.45, 2.75) is 5.37 Å². The van der Waals surface area contributed by atoms with Crippen molar-refractivity contribution in [1.82, 2.24) is 4.98 Å². The highest BCUT2D eigenvalue weighted by Gasteiger charge is 2.35. The van der Waals surface area contributed by atoms with Gasteiger partial charge in [0.25, 0.3) is 0 Å². The lowest BCUT2D eigenvalue weighted by atomic mass is 10.2. The highest BCUT2D eigenvalue weighted by atomic mass is 35.5. The zero-order chi connectivity index (χ0) is 15.1. The van der Waals surface area contributed by atoms with E-state index in [9.17, 15) is 4.79 Å². The molecular weight excluding hydrogens is 336 g/mol. The smallest absolute Gasteiger partial charge is 0.240 e. The summed E-state index contributed by atoms with van der Waals surface area (Å²) in [6, 6.07) is 15.6. The van der Waals surface area contributed by atoms with Gasteiger partial charge in [-0.05, 0) is 29.8 Å². The van der Waals surface area contributed by atoms with E-state index in [0.29, 0.717) is 10.8 Å². The van der Waals surface area contributed by atoms with Crippen molar-refractivity contribution in [1.29, 1.82) is 0 Å². The Labute approximate surface area is 140 Å². The first-order chi connectivity index (χ1) is 10.7. The van der Waals surface area contributed by atoms with Crippen LogP contribution in [0.2, 0.25) is 5.02 Å². The summed E-state index contributed by atoms with van der Waals surface area (Å²) in [5, 5.41) is 1.42. The quantitative estimate of drug-likeness (QED) is 0.672. The molecule has 1 fully saturated rings. The van der Waals surface area contributed by atoms with Crippen LogP contribution in [0.3, 0.4) is 0 Å². The maximum atomic E-state index is 12.3. The average Bonchev–Trinajstić information content (AvgIpc) is 3.11. The number of carbonyl (C=O) groups excluding carboxylic acids is 1. The number of carbonyl (C=O) groups is 1. The minimum absolute atomic E-state index is 0.0367. The fourth-order valence-corrected chi connectivity index (χ4v) is 4.83. The maximum absolute atomic E-state index is 12.3. The Morgan fingerprint density at radius 2 is 1.91 bits per heavy atom. The zero-order valence-corrected chi connectivity index (χ0v) is 13.8. The number of nitrogens with zero attached hydrogens (tertiary/aromatic N) is 2. The molecule has 110 valence electrons. The number of anilines is 1. The zero-order valence-electron chi connectivity index (χ0n) is 11.4. The summed E-state index contributed by atoms with van der Waals surface area (Å²) in [6.07, 6.45) is 0. The predicted molar refractivity (Wildman–Crippen MR) is 93.8 cm³/mol. The molecule has 4 rings (SSSR count). The molecule has 1 aliphatic heterocycles. The second kappa shape index (κ2) is 5.57. The van der Waals surface area contributed by atoms with Gasteiger partial charge in [0.2, 0.25) is 5.91 Å². The summed E-state index contributed by atoms with van der Waals surface area (Å²) in [4.78, 5) is 18.8. The van der Waals surface area contributed by atoms with Crippen LogP contribution < -0.4 is 4.90 Å². The number of thiazole rings is 1. The minimum atomic E-state index is -0.0367. The predicted octanol–water partition coefficient (Wildman–Crippen LogP) is 4.73. The first-order valence-electron chi connectivity index (χ1n) is 6.77. The normalized spacial score (nSPS) is 18.3. The van der Waals surface area contributed by atoms with Crippen LogP contribution in [-0.4, -0.2) is 16.6 Å². The van der Waals surface area contributed by atoms with Crippen LogP contribution in [0.1, 0.15) is 10.9 Å². The van der Waals surface area contributed by atoms with Gasteiger partial charge in [0.05, 0.1) is 16.0 Å². The molecule has 1 atom stereocenters. The van der Waals surface area contributed by atoms with Crippen LogP contribution in [0.15, 0.2) is 48.5 Å². The molecule has 1 aromatic heterocycles. The molecule has 2 aromatic carbocycles. The second-order valence-electron chi connectivity index (χ2n) is 4.94. The fraction of sp³-hybridized carbons (Fsp3) is 0.125. The number of thioether (sulfide) groups is 1. The van der Waals surface area contributed by atoms with Gasteiger partial charge >= 0.3 is 0 Å². The number of halogens is 1. The van der Waals surface area contributed by atoms with Crippen molar-refractivity contribution < 1.29 is 4.79 Å². The third-order valence-electron chi connectivity index (χ3n) is 3.51. The second-order valence-corrected chi connectivity index (χ2v) is 7.46. The highest BCUT2D eigenvalue weighted by Crippen LogP contribution is 2.44. The number of benzene rings is 2. The van der Waals surface area contributed by atoms with E-state index in [1.807, 2.05) is 48.5 Å². The van der Waals surface area contributed by atoms with Crippen LogP contribution in [0.4, 0.5) is 5.13 Å². The monoisotopic (exact) mass is 346 g/mol. The van der Waals surface area contributed by atoms with Crippen molar-refractivity contribution in [3.63, 3.8) is 0 Å². The highest BCUT2D eigenvalue weighted by molar-refractivity contribution is 8.00. The molecule has 0 aliphatic carbocycles. The van der Waals surface area contributed by atoms with Crippen molar-refractivity contribution in [3.8, 4) is 0 Å². The average molecular weight is 347 g/mol. The van der Waals surface area contributed by atoms with E-state index >= 15 is 0 Å². The van der Waals surface area contributed by atoms with E-state index in [2.05, 4.69) is 4.98 Å². The number of aromatic nitrogens is 1. The van der Waals surface area contributed by atoms with Gasteiger partial charge in [-0.25, -0.2) is 4.98 Å². The number of amides is 1. The molecule has 3 nitrogen and oxygen atoms in total. The summed E-state index contributed by atoms with van der Waals surface area (Å²) >= 11 is 9.13. The lowest BCUT2D eigenvalue weighted by Gasteiger charge is -2.21. The van der Waals surface area contributed by atoms with Gasteiger partial charge in [-0.1, -0.05) is 47.2 Å². The first-order valence-corrected chi connectivity index (χ1v) is 9.01. The third kappa shape index (κ3) is 2.39. The van der Waals surface area contributed by atoms with Crippen molar-refractivity contribution in [2.75, 3.05) is 10.7 Å². The van der Waals surface area contributed by atoms with E-state index in [1.165, 1.54) is 0 Å². The molecule has 0 N–H and O–H groups in total. The molecule has 0 bridgehead atoms. The van der Waals surface area contributed by atoms with E-state index in [-0.39, 0.29) is 11.3 Å².